The summed E-state index contributed by atoms with van der Waals surface area (Å²) in [6, 6.07) is 0.241. The van der Waals surface area contributed by atoms with Crippen LogP contribution >= 0.6 is 0 Å². The van der Waals surface area contributed by atoms with Gasteiger partial charge in [0.2, 0.25) is 5.91 Å². The highest BCUT2D eigenvalue weighted by Crippen LogP contribution is 2.00. The standard InChI is InChI=1S/C11H24N2O2/c1-6-9(2)13-10(14)7-12-11(3,4)8-15-5/h9,12H,6-8H2,1-5H3,(H,13,14). The van der Waals surface area contributed by atoms with E-state index in [2.05, 4.69) is 10.6 Å². The zero-order chi connectivity index (χ0) is 11.9. The molecule has 0 aromatic rings. The van der Waals surface area contributed by atoms with Crippen molar-refractivity contribution in [2.24, 2.45) is 0 Å². The first kappa shape index (κ1) is 14.4. The van der Waals surface area contributed by atoms with Gasteiger partial charge in [0.05, 0.1) is 13.2 Å². The van der Waals surface area contributed by atoms with E-state index in [-0.39, 0.29) is 17.5 Å². The molecule has 90 valence electrons. The lowest BCUT2D eigenvalue weighted by atomic mass is 10.1. The molecule has 0 aliphatic rings. The van der Waals surface area contributed by atoms with E-state index >= 15 is 0 Å². The minimum absolute atomic E-state index is 0.0357. The van der Waals surface area contributed by atoms with Crippen LogP contribution in [0, 0.1) is 0 Å². The van der Waals surface area contributed by atoms with Gasteiger partial charge in [-0.05, 0) is 27.2 Å². The molecule has 1 atom stereocenters. The van der Waals surface area contributed by atoms with Crippen molar-refractivity contribution in [3.8, 4) is 0 Å². The van der Waals surface area contributed by atoms with E-state index in [0.29, 0.717) is 13.2 Å². The van der Waals surface area contributed by atoms with Gasteiger partial charge in [-0.15, -0.1) is 0 Å². The molecule has 2 N–H and O–H groups in total. The number of hydrogen-bond acceptors (Lipinski definition) is 3. The third-order valence-corrected chi connectivity index (χ3v) is 2.25. The molecule has 1 amide bonds. The van der Waals surface area contributed by atoms with Crippen molar-refractivity contribution >= 4 is 5.91 Å². The lowest BCUT2D eigenvalue weighted by Crippen LogP contribution is -2.49. The third-order valence-electron chi connectivity index (χ3n) is 2.25. The predicted molar refractivity (Wildman–Crippen MR) is 61.9 cm³/mol. The van der Waals surface area contributed by atoms with E-state index in [1.54, 1.807) is 7.11 Å². The van der Waals surface area contributed by atoms with E-state index in [1.165, 1.54) is 0 Å². The van der Waals surface area contributed by atoms with E-state index in [9.17, 15) is 4.79 Å². The molecule has 0 fully saturated rings. The first-order valence-electron chi connectivity index (χ1n) is 5.44. The summed E-state index contributed by atoms with van der Waals surface area (Å²) in [4.78, 5) is 11.4. The summed E-state index contributed by atoms with van der Waals surface area (Å²) >= 11 is 0. The van der Waals surface area contributed by atoms with Crippen molar-refractivity contribution in [3.05, 3.63) is 0 Å². The highest BCUT2D eigenvalue weighted by molar-refractivity contribution is 5.78. The molecule has 0 bridgehead atoms. The van der Waals surface area contributed by atoms with Gasteiger partial charge in [-0.1, -0.05) is 6.92 Å². The second-order valence-electron chi connectivity index (χ2n) is 4.55. The van der Waals surface area contributed by atoms with Crippen LogP contribution in [0.15, 0.2) is 0 Å². The quantitative estimate of drug-likeness (QED) is 0.665. The smallest absolute Gasteiger partial charge is 0.234 e. The fraction of sp³-hybridized carbons (Fsp3) is 0.909. The Morgan fingerprint density at radius 3 is 2.53 bits per heavy atom. The van der Waals surface area contributed by atoms with Gasteiger partial charge in [-0.25, -0.2) is 0 Å². The topological polar surface area (TPSA) is 50.4 Å². The summed E-state index contributed by atoms with van der Waals surface area (Å²) in [5.74, 6) is 0.0357. The highest BCUT2D eigenvalue weighted by atomic mass is 16.5. The van der Waals surface area contributed by atoms with Gasteiger partial charge in [0.15, 0.2) is 0 Å². The molecule has 0 saturated heterocycles. The summed E-state index contributed by atoms with van der Waals surface area (Å²) in [6.07, 6.45) is 0.952. The molecule has 0 saturated carbocycles. The first-order chi connectivity index (χ1) is 6.91. The van der Waals surface area contributed by atoms with Gasteiger partial charge in [0, 0.05) is 18.7 Å². The van der Waals surface area contributed by atoms with Crippen LogP contribution in [-0.4, -0.2) is 37.7 Å². The summed E-state index contributed by atoms with van der Waals surface area (Å²) in [6.45, 7) is 8.98. The van der Waals surface area contributed by atoms with E-state index in [1.807, 2.05) is 27.7 Å². The monoisotopic (exact) mass is 216 g/mol. The normalized spacial score (nSPS) is 13.7. The maximum absolute atomic E-state index is 11.4. The fourth-order valence-corrected chi connectivity index (χ4v) is 1.16. The minimum Gasteiger partial charge on any atom is -0.383 e. The molecule has 15 heavy (non-hydrogen) atoms. The predicted octanol–water partition coefficient (Wildman–Crippen LogP) is 0.916. The van der Waals surface area contributed by atoms with Crippen LogP contribution in [0.3, 0.4) is 0 Å². The largest absolute Gasteiger partial charge is 0.383 e. The van der Waals surface area contributed by atoms with Gasteiger partial charge >= 0.3 is 0 Å². The van der Waals surface area contributed by atoms with Gasteiger partial charge in [0.1, 0.15) is 0 Å². The Morgan fingerprint density at radius 1 is 1.47 bits per heavy atom. The van der Waals surface area contributed by atoms with Crippen LogP contribution in [0.1, 0.15) is 34.1 Å². The molecule has 1 unspecified atom stereocenters. The Hall–Kier alpha value is -0.610. The molecule has 0 aromatic heterocycles. The lowest BCUT2D eigenvalue weighted by Gasteiger charge is -2.25. The Morgan fingerprint density at radius 2 is 2.07 bits per heavy atom. The molecule has 4 heteroatoms. The van der Waals surface area contributed by atoms with Crippen molar-refractivity contribution in [1.82, 2.24) is 10.6 Å². The van der Waals surface area contributed by atoms with Crippen molar-refractivity contribution in [3.63, 3.8) is 0 Å². The average Bonchev–Trinajstić information content (AvgIpc) is 2.15. The van der Waals surface area contributed by atoms with Gasteiger partial charge < -0.3 is 15.4 Å². The summed E-state index contributed by atoms with van der Waals surface area (Å²) in [5, 5.41) is 6.05. The van der Waals surface area contributed by atoms with Crippen molar-refractivity contribution < 1.29 is 9.53 Å². The molecular weight excluding hydrogens is 192 g/mol. The van der Waals surface area contributed by atoms with Crippen molar-refractivity contribution in [2.45, 2.75) is 45.7 Å². The SMILES string of the molecule is CCC(C)NC(=O)CNC(C)(C)COC. The Balaban J connectivity index is 3.79. The van der Waals surface area contributed by atoms with E-state index < -0.39 is 0 Å². The maximum atomic E-state index is 11.4. The maximum Gasteiger partial charge on any atom is 0.234 e. The molecule has 0 heterocycles. The number of rotatable bonds is 7. The molecule has 0 aliphatic carbocycles. The molecule has 0 rings (SSSR count). The Labute approximate surface area is 92.8 Å². The second-order valence-corrected chi connectivity index (χ2v) is 4.55. The fourth-order valence-electron chi connectivity index (χ4n) is 1.16. The van der Waals surface area contributed by atoms with Crippen molar-refractivity contribution in [2.75, 3.05) is 20.3 Å². The molecule has 0 aliphatic heterocycles. The molecule has 0 aromatic carbocycles. The Bertz CT molecular complexity index is 193. The van der Waals surface area contributed by atoms with E-state index in [0.717, 1.165) is 6.42 Å². The minimum atomic E-state index is -0.165. The van der Waals surface area contributed by atoms with Crippen molar-refractivity contribution in [1.29, 1.82) is 0 Å². The van der Waals surface area contributed by atoms with Crippen LogP contribution in [0.5, 0.6) is 0 Å². The average molecular weight is 216 g/mol. The van der Waals surface area contributed by atoms with Gasteiger partial charge in [-0.2, -0.15) is 0 Å². The third kappa shape index (κ3) is 7.33. The summed E-state index contributed by atoms with van der Waals surface area (Å²) < 4.78 is 5.05. The second kappa shape index (κ2) is 6.80. The first-order valence-corrected chi connectivity index (χ1v) is 5.44. The highest BCUT2D eigenvalue weighted by Gasteiger charge is 2.18. The number of amides is 1. The van der Waals surface area contributed by atoms with Crippen LogP contribution in [0.2, 0.25) is 0 Å². The molecule has 0 spiro atoms. The van der Waals surface area contributed by atoms with Crippen LogP contribution in [0.25, 0.3) is 0 Å². The summed E-state index contributed by atoms with van der Waals surface area (Å²) in [5.41, 5.74) is -0.165. The number of hydrogen-bond donors (Lipinski definition) is 2. The number of carbonyl (C=O) groups is 1. The molecular formula is C11H24N2O2. The number of carbonyl (C=O) groups excluding carboxylic acids is 1. The zero-order valence-electron chi connectivity index (χ0n) is 10.5. The number of methoxy groups -OCH3 is 1. The summed E-state index contributed by atoms with van der Waals surface area (Å²) in [7, 11) is 1.66. The zero-order valence-corrected chi connectivity index (χ0v) is 10.5. The molecule has 4 nitrogen and oxygen atoms in total. The van der Waals surface area contributed by atoms with Crippen LogP contribution < -0.4 is 10.6 Å². The van der Waals surface area contributed by atoms with Crippen LogP contribution in [-0.2, 0) is 9.53 Å². The Kier molecular flexibility index (Phi) is 6.52. The van der Waals surface area contributed by atoms with Gasteiger partial charge in [-0.3, -0.25) is 4.79 Å². The van der Waals surface area contributed by atoms with Crippen LogP contribution in [0.4, 0.5) is 0 Å². The van der Waals surface area contributed by atoms with Gasteiger partial charge in [0.25, 0.3) is 0 Å². The number of ether oxygens (including phenoxy) is 1. The lowest BCUT2D eigenvalue weighted by molar-refractivity contribution is -0.121. The van der Waals surface area contributed by atoms with E-state index in [4.69, 9.17) is 4.74 Å². The number of nitrogens with one attached hydrogen (secondary N) is 2. The molecule has 0 radical (unpaired) electrons.